The third kappa shape index (κ3) is 4.57. The summed E-state index contributed by atoms with van der Waals surface area (Å²) in [6, 6.07) is 0.543. The minimum absolute atomic E-state index is 0.298. The van der Waals surface area contributed by atoms with Gasteiger partial charge in [0, 0.05) is 25.7 Å². The number of hydrogen-bond donors (Lipinski definition) is 1. The van der Waals surface area contributed by atoms with Gasteiger partial charge < -0.3 is 10.1 Å². The number of hydrogen-bond acceptors (Lipinski definition) is 3. The monoisotopic (exact) mass is 242 g/mol. The van der Waals surface area contributed by atoms with Crippen LogP contribution in [0.1, 0.15) is 41.5 Å². The molecule has 0 aromatic carbocycles. The largest absolute Gasteiger partial charge is 0.373 e. The molecule has 102 valence electrons. The average Bonchev–Trinajstić information content (AvgIpc) is 2.15. The summed E-state index contributed by atoms with van der Waals surface area (Å²) < 4.78 is 5.78. The highest BCUT2D eigenvalue weighted by Crippen LogP contribution is 2.24. The summed E-state index contributed by atoms with van der Waals surface area (Å²) in [5, 5.41) is 3.54. The maximum Gasteiger partial charge on any atom is 0.0678 e. The van der Waals surface area contributed by atoms with Crippen LogP contribution in [0.5, 0.6) is 0 Å². The van der Waals surface area contributed by atoms with Gasteiger partial charge in [0.1, 0.15) is 0 Å². The Bertz CT molecular complexity index is 220. The first-order valence-electron chi connectivity index (χ1n) is 6.96. The lowest BCUT2D eigenvalue weighted by Gasteiger charge is -2.42. The first-order valence-corrected chi connectivity index (χ1v) is 6.96. The fourth-order valence-electron chi connectivity index (χ4n) is 2.71. The van der Waals surface area contributed by atoms with Gasteiger partial charge in [0.05, 0.1) is 12.2 Å². The lowest BCUT2D eigenvalue weighted by atomic mass is 9.84. The molecule has 1 rings (SSSR count). The van der Waals surface area contributed by atoms with Crippen molar-refractivity contribution >= 4 is 0 Å². The molecule has 0 saturated carbocycles. The van der Waals surface area contributed by atoms with Crippen LogP contribution in [0.2, 0.25) is 0 Å². The lowest BCUT2D eigenvalue weighted by Crippen LogP contribution is -2.52. The minimum atomic E-state index is 0.298. The van der Waals surface area contributed by atoms with Gasteiger partial charge in [0.25, 0.3) is 0 Å². The van der Waals surface area contributed by atoms with Crippen LogP contribution in [0.25, 0.3) is 0 Å². The maximum atomic E-state index is 5.78. The van der Waals surface area contributed by atoms with E-state index in [9.17, 15) is 0 Å². The molecule has 17 heavy (non-hydrogen) atoms. The summed E-state index contributed by atoms with van der Waals surface area (Å²) in [4.78, 5) is 2.55. The average molecular weight is 242 g/mol. The lowest BCUT2D eigenvalue weighted by molar-refractivity contribution is -0.0774. The normalized spacial score (nSPS) is 29.3. The third-order valence-corrected chi connectivity index (χ3v) is 3.81. The summed E-state index contributed by atoms with van der Waals surface area (Å²) in [6.07, 6.45) is 0.730. The minimum Gasteiger partial charge on any atom is -0.373 e. The Morgan fingerprint density at radius 1 is 1.29 bits per heavy atom. The molecule has 0 aromatic heterocycles. The standard InChI is InChI=1S/C14H30N2O/c1-7-15-13(4)14(5,6)10-16-8-11(2)17-12(3)9-16/h11-13,15H,7-10H2,1-6H3. The smallest absolute Gasteiger partial charge is 0.0678 e. The van der Waals surface area contributed by atoms with Gasteiger partial charge in [0.2, 0.25) is 0 Å². The van der Waals surface area contributed by atoms with Crippen LogP contribution in [0.4, 0.5) is 0 Å². The number of ether oxygens (including phenoxy) is 1. The summed E-state index contributed by atoms with van der Waals surface area (Å²) in [5.74, 6) is 0. The molecule has 3 unspecified atom stereocenters. The molecule has 1 aliphatic heterocycles. The van der Waals surface area contributed by atoms with Crippen LogP contribution < -0.4 is 5.32 Å². The molecule has 0 spiro atoms. The van der Waals surface area contributed by atoms with Gasteiger partial charge in [-0.05, 0) is 32.7 Å². The molecule has 3 heteroatoms. The van der Waals surface area contributed by atoms with Crippen molar-refractivity contribution in [1.29, 1.82) is 0 Å². The molecule has 0 radical (unpaired) electrons. The molecule has 1 saturated heterocycles. The van der Waals surface area contributed by atoms with Gasteiger partial charge in [-0.3, -0.25) is 4.90 Å². The number of rotatable bonds is 5. The van der Waals surface area contributed by atoms with Crippen molar-refractivity contribution in [2.24, 2.45) is 5.41 Å². The summed E-state index contributed by atoms with van der Waals surface area (Å²) >= 11 is 0. The van der Waals surface area contributed by atoms with Crippen molar-refractivity contribution in [2.45, 2.75) is 59.8 Å². The summed E-state index contributed by atoms with van der Waals surface area (Å²) in [6.45, 7) is 17.8. The Balaban J connectivity index is 2.51. The van der Waals surface area contributed by atoms with Gasteiger partial charge in [-0.15, -0.1) is 0 Å². The Morgan fingerprint density at radius 2 is 1.82 bits per heavy atom. The highest BCUT2D eigenvalue weighted by Gasteiger charge is 2.31. The van der Waals surface area contributed by atoms with E-state index in [0.717, 1.165) is 26.2 Å². The van der Waals surface area contributed by atoms with Gasteiger partial charge in [0.15, 0.2) is 0 Å². The van der Waals surface area contributed by atoms with E-state index in [1.165, 1.54) is 0 Å². The van der Waals surface area contributed by atoms with Crippen LogP contribution in [0.3, 0.4) is 0 Å². The van der Waals surface area contributed by atoms with E-state index in [4.69, 9.17) is 4.74 Å². The van der Waals surface area contributed by atoms with Crippen molar-refractivity contribution in [1.82, 2.24) is 10.2 Å². The van der Waals surface area contributed by atoms with Crippen molar-refractivity contribution < 1.29 is 4.74 Å². The highest BCUT2D eigenvalue weighted by atomic mass is 16.5. The van der Waals surface area contributed by atoms with Crippen molar-refractivity contribution in [3.63, 3.8) is 0 Å². The molecule has 1 aliphatic rings. The number of morpholine rings is 1. The third-order valence-electron chi connectivity index (χ3n) is 3.81. The molecule has 3 nitrogen and oxygen atoms in total. The summed E-state index contributed by atoms with van der Waals surface area (Å²) in [7, 11) is 0. The zero-order valence-electron chi connectivity index (χ0n) is 12.4. The molecule has 0 bridgehead atoms. The molecule has 1 fully saturated rings. The molecule has 1 N–H and O–H groups in total. The SMILES string of the molecule is CCNC(C)C(C)(C)CN1CC(C)OC(C)C1. The fraction of sp³-hybridized carbons (Fsp3) is 1.00. The molecule has 0 aliphatic carbocycles. The van der Waals surface area contributed by atoms with Crippen LogP contribution in [-0.2, 0) is 4.74 Å². The van der Waals surface area contributed by atoms with Crippen LogP contribution in [0.15, 0.2) is 0 Å². The Morgan fingerprint density at radius 3 is 2.29 bits per heavy atom. The first kappa shape index (κ1) is 14.9. The van der Waals surface area contributed by atoms with Gasteiger partial charge >= 0.3 is 0 Å². The van der Waals surface area contributed by atoms with E-state index in [0.29, 0.717) is 23.7 Å². The van der Waals surface area contributed by atoms with E-state index in [2.05, 4.69) is 51.8 Å². The predicted molar refractivity (Wildman–Crippen MR) is 73.4 cm³/mol. The zero-order valence-corrected chi connectivity index (χ0v) is 12.4. The maximum absolute atomic E-state index is 5.78. The van der Waals surface area contributed by atoms with E-state index in [1.54, 1.807) is 0 Å². The molecular weight excluding hydrogens is 212 g/mol. The predicted octanol–water partition coefficient (Wildman–Crippen LogP) is 2.12. The summed E-state index contributed by atoms with van der Waals surface area (Å²) in [5.41, 5.74) is 0.298. The van der Waals surface area contributed by atoms with Gasteiger partial charge in [-0.1, -0.05) is 20.8 Å². The van der Waals surface area contributed by atoms with Crippen molar-refractivity contribution in [3.8, 4) is 0 Å². The van der Waals surface area contributed by atoms with Crippen LogP contribution >= 0.6 is 0 Å². The Kier molecular flexibility index (Phi) is 5.42. The highest BCUT2D eigenvalue weighted by molar-refractivity contribution is 4.86. The van der Waals surface area contributed by atoms with Crippen LogP contribution in [0, 0.1) is 5.41 Å². The van der Waals surface area contributed by atoms with Gasteiger partial charge in [-0.25, -0.2) is 0 Å². The molecular formula is C14H30N2O. The second kappa shape index (κ2) is 6.17. The van der Waals surface area contributed by atoms with E-state index in [1.807, 2.05) is 0 Å². The van der Waals surface area contributed by atoms with Gasteiger partial charge in [-0.2, -0.15) is 0 Å². The van der Waals surface area contributed by atoms with E-state index in [-0.39, 0.29) is 0 Å². The van der Waals surface area contributed by atoms with Crippen molar-refractivity contribution in [3.05, 3.63) is 0 Å². The van der Waals surface area contributed by atoms with Crippen molar-refractivity contribution in [2.75, 3.05) is 26.2 Å². The second-order valence-electron chi connectivity index (χ2n) is 6.22. The van der Waals surface area contributed by atoms with E-state index >= 15 is 0 Å². The zero-order chi connectivity index (χ0) is 13.1. The molecule has 0 aromatic rings. The number of nitrogens with zero attached hydrogens (tertiary/aromatic N) is 1. The molecule has 0 amide bonds. The molecule has 3 atom stereocenters. The Labute approximate surface area is 107 Å². The fourth-order valence-corrected chi connectivity index (χ4v) is 2.71. The van der Waals surface area contributed by atoms with Crippen LogP contribution in [-0.4, -0.2) is 49.3 Å². The van der Waals surface area contributed by atoms with E-state index < -0.39 is 0 Å². The first-order chi connectivity index (χ1) is 7.85. The molecule has 1 heterocycles. The number of nitrogens with one attached hydrogen (secondary N) is 1. The topological polar surface area (TPSA) is 24.5 Å². The second-order valence-corrected chi connectivity index (χ2v) is 6.22. The Hall–Kier alpha value is -0.120. The quantitative estimate of drug-likeness (QED) is 0.799.